The molecule has 2 aliphatic heterocycles. The van der Waals surface area contributed by atoms with Crippen LogP contribution in [0.15, 0.2) is 52.7 Å². The molecule has 1 aromatic carbocycles. The van der Waals surface area contributed by atoms with Crippen molar-refractivity contribution in [3.8, 4) is 12.3 Å². The molecule has 2 aromatic heterocycles. The molecular formula is C31H30ClF3N6O3S2. The number of aromatic nitrogens is 3. The molecule has 2 bridgehead atoms. The van der Waals surface area contributed by atoms with Gasteiger partial charge in [-0.25, -0.2) is 27.2 Å². The van der Waals surface area contributed by atoms with Crippen LogP contribution in [0.3, 0.4) is 0 Å². The van der Waals surface area contributed by atoms with E-state index in [0.29, 0.717) is 38.8 Å². The van der Waals surface area contributed by atoms with E-state index in [2.05, 4.69) is 20.7 Å². The summed E-state index contributed by atoms with van der Waals surface area (Å²) in [6.45, 7) is -0.693. The number of rotatable bonds is 7. The summed E-state index contributed by atoms with van der Waals surface area (Å²) < 4.78 is 72.6. The summed E-state index contributed by atoms with van der Waals surface area (Å²) in [6, 6.07) is 3.87. The average Bonchev–Trinajstić information content (AvgIpc) is 3.79. The van der Waals surface area contributed by atoms with Crippen LogP contribution in [0.5, 0.6) is 0 Å². The van der Waals surface area contributed by atoms with Gasteiger partial charge in [0.15, 0.2) is 10.8 Å². The molecule has 2 saturated carbocycles. The molecule has 7 atom stereocenters. The van der Waals surface area contributed by atoms with Crippen LogP contribution >= 0.6 is 22.9 Å². The molecule has 7 rings (SSSR count). The number of aliphatic imine (C=N–C) groups is 1. The smallest absolute Gasteiger partial charge is 0.333 e. The Hall–Kier alpha value is -3.22. The maximum atomic E-state index is 14.1. The molecule has 2 unspecified atom stereocenters. The highest BCUT2D eigenvalue weighted by Gasteiger charge is 2.58. The number of terminal acetylenes is 1. The third kappa shape index (κ3) is 5.16. The molecule has 2 aliphatic carbocycles. The Balaban J connectivity index is 1.28. The van der Waals surface area contributed by atoms with Crippen LogP contribution < -0.4 is 4.72 Å². The summed E-state index contributed by atoms with van der Waals surface area (Å²) in [5, 5.41) is 17.0. The number of hydrogen-bond acceptors (Lipinski definition) is 8. The average molecular weight is 691 g/mol. The first-order valence-electron chi connectivity index (χ1n) is 14.9. The minimum atomic E-state index is -3.87. The first-order chi connectivity index (χ1) is 21.9. The van der Waals surface area contributed by atoms with Gasteiger partial charge in [0, 0.05) is 70.5 Å². The number of amidine groups is 1. The fourth-order valence-corrected chi connectivity index (χ4v) is 10.4. The number of hydrogen-bond donors (Lipinski definition) is 2. The highest BCUT2D eigenvalue weighted by atomic mass is 35.5. The molecule has 1 saturated heterocycles. The van der Waals surface area contributed by atoms with Gasteiger partial charge in [0.05, 0.1) is 10.9 Å². The van der Waals surface area contributed by atoms with Gasteiger partial charge in [-0.3, -0.25) is 4.99 Å². The van der Waals surface area contributed by atoms with Crippen LogP contribution in [0.2, 0.25) is 5.02 Å². The van der Waals surface area contributed by atoms with Crippen molar-refractivity contribution in [1.29, 1.82) is 0 Å². The van der Waals surface area contributed by atoms with Crippen molar-refractivity contribution in [2.24, 2.45) is 22.7 Å². The van der Waals surface area contributed by atoms with Crippen molar-refractivity contribution in [3.05, 3.63) is 74.8 Å². The predicted octanol–water partition coefficient (Wildman–Crippen LogP) is 5.23. The van der Waals surface area contributed by atoms with E-state index in [1.54, 1.807) is 11.6 Å². The number of nitrogens with one attached hydrogen (secondary N) is 1. The predicted molar refractivity (Wildman–Crippen MR) is 168 cm³/mol. The summed E-state index contributed by atoms with van der Waals surface area (Å²) >= 11 is 7.87. The Morgan fingerprint density at radius 2 is 2.07 bits per heavy atom. The number of fused-ring (bicyclic) bond motifs is 3. The highest BCUT2D eigenvalue weighted by molar-refractivity contribution is 7.90. The quantitative estimate of drug-likeness (QED) is 0.329. The van der Waals surface area contributed by atoms with Gasteiger partial charge in [-0.05, 0) is 43.4 Å². The lowest BCUT2D eigenvalue weighted by Crippen LogP contribution is -2.51. The van der Waals surface area contributed by atoms with Crippen molar-refractivity contribution in [1.82, 2.24) is 24.4 Å². The standard InChI is InChI=1S/C31H30ClF3N6O3S2/c1-3-31(42)17-10-16(2)22(31)14-20(11-17)46(43,44)39-19-13-25-26(24-6-8-41(38-24)30(34)35)27(21-5-4-18(33)12-23(21)32)37-28(40(25)15-19)29-36-7-9-45-29/h1,4-9,12,16-17,19-20,22,27,30,39,42H,10-11,13-15H2,2H3/t16-,17?,19-,20+,22?,27-,31+/m0/s1. The molecule has 3 aromatic rings. The lowest BCUT2D eigenvalue weighted by atomic mass is 9.74. The number of thiazole rings is 1. The largest absolute Gasteiger partial charge is 0.377 e. The molecule has 3 fully saturated rings. The number of aliphatic hydroxyl groups is 1. The van der Waals surface area contributed by atoms with Crippen LogP contribution in [-0.4, -0.2) is 62.5 Å². The third-order valence-corrected chi connectivity index (χ3v) is 12.8. The molecule has 242 valence electrons. The Morgan fingerprint density at radius 1 is 1.26 bits per heavy atom. The number of sulfonamides is 1. The van der Waals surface area contributed by atoms with Crippen LogP contribution in [0, 0.1) is 35.9 Å². The van der Waals surface area contributed by atoms with Gasteiger partial charge in [-0.1, -0.05) is 30.5 Å². The first-order valence-corrected chi connectivity index (χ1v) is 17.7. The van der Waals surface area contributed by atoms with Crippen LogP contribution in [0.4, 0.5) is 13.2 Å². The van der Waals surface area contributed by atoms with Crippen molar-refractivity contribution >= 4 is 44.4 Å². The molecule has 9 nitrogen and oxygen atoms in total. The van der Waals surface area contributed by atoms with Gasteiger partial charge in [0.25, 0.3) is 0 Å². The summed E-state index contributed by atoms with van der Waals surface area (Å²) in [5.41, 5.74) is 0.414. The Morgan fingerprint density at radius 3 is 2.72 bits per heavy atom. The van der Waals surface area contributed by atoms with Gasteiger partial charge in [-0.15, -0.1) is 17.8 Å². The summed E-state index contributed by atoms with van der Waals surface area (Å²) in [7, 11) is -3.87. The van der Waals surface area contributed by atoms with Crippen LogP contribution in [0.25, 0.3) is 5.57 Å². The molecule has 4 aliphatic rings. The Labute approximate surface area is 273 Å². The fourth-order valence-electron chi connectivity index (χ4n) is 7.75. The summed E-state index contributed by atoms with van der Waals surface area (Å²) in [6.07, 6.45) is 9.85. The second-order valence-corrected chi connectivity index (χ2v) is 15.7. The van der Waals surface area contributed by atoms with Gasteiger partial charge < -0.3 is 10.0 Å². The normalized spacial score (nSPS) is 30.9. The van der Waals surface area contributed by atoms with Gasteiger partial charge >= 0.3 is 6.55 Å². The SMILES string of the molecule is C#C[C@@]1(O)C2C[C@@H](S(=O)(=O)N[C@H]3CC4=C(c5ccn(C(F)F)n5)[C@H](c5ccc(F)cc5Cl)N=C(c5nccs5)N4C3)CC1[C@@H](C)C2. The second kappa shape index (κ2) is 11.5. The van der Waals surface area contributed by atoms with Gasteiger partial charge in [-0.2, -0.15) is 13.9 Å². The molecule has 0 amide bonds. The molecular weight excluding hydrogens is 661 g/mol. The maximum Gasteiger partial charge on any atom is 0.333 e. The minimum absolute atomic E-state index is 0.0930. The van der Waals surface area contributed by atoms with E-state index < -0.39 is 45.3 Å². The van der Waals surface area contributed by atoms with E-state index >= 15 is 0 Å². The lowest BCUT2D eigenvalue weighted by Gasteiger charge is -2.39. The van der Waals surface area contributed by atoms with E-state index in [1.807, 2.05) is 11.8 Å². The van der Waals surface area contributed by atoms with Gasteiger partial charge in [0.1, 0.15) is 17.5 Å². The molecule has 2 N–H and O–H groups in total. The minimum Gasteiger partial charge on any atom is -0.377 e. The van der Waals surface area contributed by atoms with Crippen molar-refractivity contribution in [2.75, 3.05) is 6.54 Å². The second-order valence-electron chi connectivity index (χ2n) is 12.4. The molecule has 0 spiro atoms. The van der Waals surface area contributed by atoms with E-state index in [4.69, 9.17) is 23.0 Å². The maximum absolute atomic E-state index is 14.1. The monoisotopic (exact) mass is 690 g/mol. The zero-order valence-electron chi connectivity index (χ0n) is 24.5. The van der Waals surface area contributed by atoms with Crippen LogP contribution in [0.1, 0.15) is 61.5 Å². The Bertz CT molecular complexity index is 1890. The lowest BCUT2D eigenvalue weighted by molar-refractivity contribution is -0.0108. The first kappa shape index (κ1) is 31.4. The summed E-state index contributed by atoms with van der Waals surface area (Å²) in [4.78, 5) is 11.3. The molecule has 46 heavy (non-hydrogen) atoms. The zero-order chi connectivity index (χ0) is 32.5. The number of alkyl halides is 2. The van der Waals surface area contributed by atoms with E-state index in [1.165, 1.54) is 29.5 Å². The molecule has 15 heteroatoms. The van der Waals surface area contributed by atoms with Crippen molar-refractivity contribution in [3.63, 3.8) is 0 Å². The van der Waals surface area contributed by atoms with E-state index in [9.17, 15) is 26.7 Å². The zero-order valence-corrected chi connectivity index (χ0v) is 26.9. The van der Waals surface area contributed by atoms with Crippen molar-refractivity contribution < 1.29 is 26.7 Å². The topological polar surface area (TPSA) is 113 Å². The van der Waals surface area contributed by atoms with E-state index in [-0.39, 0.29) is 54.3 Å². The molecule has 0 radical (unpaired) electrons. The highest BCUT2D eigenvalue weighted by Crippen LogP contribution is 2.54. The van der Waals surface area contributed by atoms with Gasteiger partial charge in [0.2, 0.25) is 10.0 Å². The number of benzene rings is 1. The van der Waals surface area contributed by atoms with E-state index in [0.717, 1.165) is 12.3 Å². The fraction of sp³-hybridized carbons (Fsp3) is 0.452. The number of halogens is 4. The third-order valence-electron chi connectivity index (χ3n) is 9.82. The summed E-state index contributed by atoms with van der Waals surface area (Å²) in [5.74, 6) is 1.92. The van der Waals surface area contributed by atoms with Crippen LogP contribution in [-0.2, 0) is 10.0 Å². The van der Waals surface area contributed by atoms with Crippen molar-refractivity contribution in [2.45, 2.75) is 62.1 Å². The Kier molecular flexibility index (Phi) is 7.84. The number of nitrogens with zero attached hydrogens (tertiary/aromatic N) is 5. The molecule has 4 heterocycles.